The fraction of sp³-hybridized carbons (Fsp3) is 0.333. The first-order valence-corrected chi connectivity index (χ1v) is 4.87. The van der Waals surface area contributed by atoms with Gasteiger partial charge in [0.1, 0.15) is 5.75 Å². The van der Waals surface area contributed by atoms with E-state index in [0.717, 1.165) is 12.8 Å². The molecule has 0 aliphatic rings. The molecule has 14 heavy (non-hydrogen) atoms. The van der Waals surface area contributed by atoms with Crippen molar-refractivity contribution < 1.29 is 9.50 Å². The Morgan fingerprint density at radius 1 is 1.43 bits per heavy atom. The molecule has 0 amide bonds. The number of halogens is 1. The maximum absolute atomic E-state index is 12.6. The number of phenolic OH excluding ortho intramolecular Hbond substituents is 1. The first kappa shape index (κ1) is 10.8. The summed E-state index contributed by atoms with van der Waals surface area (Å²) in [5.74, 6) is 0.146. The van der Waals surface area contributed by atoms with Crippen molar-refractivity contribution in [3.63, 3.8) is 0 Å². The number of para-hydroxylation sites is 1. The Morgan fingerprint density at radius 3 is 2.71 bits per heavy atom. The van der Waals surface area contributed by atoms with E-state index in [1.807, 2.05) is 0 Å². The van der Waals surface area contributed by atoms with E-state index in [-0.39, 0.29) is 5.75 Å². The third-order valence-corrected chi connectivity index (χ3v) is 2.18. The molecule has 0 aromatic heterocycles. The highest BCUT2D eigenvalue weighted by molar-refractivity contribution is 5.69. The average molecular weight is 194 g/mol. The number of hydrogen-bond donors (Lipinski definition) is 1. The monoisotopic (exact) mass is 194 g/mol. The van der Waals surface area contributed by atoms with Crippen LogP contribution in [0.2, 0.25) is 0 Å². The van der Waals surface area contributed by atoms with Crippen molar-refractivity contribution in [3.8, 4) is 5.75 Å². The molecular weight excluding hydrogens is 179 g/mol. The molecule has 76 valence electrons. The van der Waals surface area contributed by atoms with Crippen molar-refractivity contribution >= 4 is 5.57 Å². The van der Waals surface area contributed by atoms with E-state index >= 15 is 0 Å². The van der Waals surface area contributed by atoms with Gasteiger partial charge in [0.05, 0.1) is 6.33 Å². The molecule has 0 saturated carbocycles. The second-order valence-electron chi connectivity index (χ2n) is 3.26. The van der Waals surface area contributed by atoms with Gasteiger partial charge in [-0.15, -0.1) is 0 Å². The Labute approximate surface area is 83.9 Å². The van der Waals surface area contributed by atoms with Crippen molar-refractivity contribution in [1.29, 1.82) is 0 Å². The predicted octanol–water partition coefficient (Wildman–Crippen LogP) is 3.89. The zero-order valence-corrected chi connectivity index (χ0v) is 8.33. The van der Waals surface area contributed by atoms with E-state index in [2.05, 4.69) is 6.92 Å². The predicted molar refractivity (Wildman–Crippen MR) is 56.7 cm³/mol. The second-order valence-corrected chi connectivity index (χ2v) is 3.26. The summed E-state index contributed by atoms with van der Waals surface area (Å²) >= 11 is 0. The van der Waals surface area contributed by atoms with Crippen molar-refractivity contribution in [2.75, 3.05) is 0 Å². The lowest BCUT2D eigenvalue weighted by molar-refractivity contribution is 0.473. The van der Waals surface area contributed by atoms with Crippen molar-refractivity contribution in [3.05, 3.63) is 36.2 Å². The molecule has 1 nitrogen and oxygen atoms in total. The standard InChI is InChI=1S/C12H15FO/c1-2-3-6-10(9-13)11-7-4-5-8-12(11)14/h4-5,7-9,14H,2-3,6H2,1H3/b10-9+. The Balaban J connectivity index is 2.85. The summed E-state index contributed by atoms with van der Waals surface area (Å²) in [7, 11) is 0. The first-order valence-electron chi connectivity index (χ1n) is 4.87. The lowest BCUT2D eigenvalue weighted by Crippen LogP contribution is -1.85. The minimum atomic E-state index is 0.146. The number of rotatable bonds is 4. The number of hydrogen-bond acceptors (Lipinski definition) is 1. The van der Waals surface area contributed by atoms with Crippen LogP contribution in [0.4, 0.5) is 4.39 Å². The van der Waals surface area contributed by atoms with Crippen LogP contribution >= 0.6 is 0 Å². The maximum atomic E-state index is 12.6. The Morgan fingerprint density at radius 2 is 2.14 bits per heavy atom. The summed E-state index contributed by atoms with van der Waals surface area (Å²) < 4.78 is 12.6. The van der Waals surface area contributed by atoms with E-state index in [9.17, 15) is 9.50 Å². The van der Waals surface area contributed by atoms with Gasteiger partial charge < -0.3 is 5.11 Å². The number of benzene rings is 1. The number of phenols is 1. The molecule has 0 heterocycles. The van der Waals surface area contributed by atoms with Crippen molar-refractivity contribution in [1.82, 2.24) is 0 Å². The van der Waals surface area contributed by atoms with Crippen LogP contribution in [0, 0.1) is 0 Å². The minimum Gasteiger partial charge on any atom is -0.507 e. The van der Waals surface area contributed by atoms with Gasteiger partial charge in [-0.1, -0.05) is 31.5 Å². The fourth-order valence-corrected chi connectivity index (χ4v) is 1.36. The molecule has 0 aliphatic carbocycles. The largest absolute Gasteiger partial charge is 0.507 e. The van der Waals surface area contributed by atoms with Crippen LogP contribution in [-0.4, -0.2) is 5.11 Å². The summed E-state index contributed by atoms with van der Waals surface area (Å²) in [6.45, 7) is 2.06. The van der Waals surface area contributed by atoms with Gasteiger partial charge in [-0.3, -0.25) is 0 Å². The molecule has 1 aromatic carbocycles. The van der Waals surface area contributed by atoms with E-state index in [1.54, 1.807) is 24.3 Å². The number of unbranched alkanes of at least 4 members (excludes halogenated alkanes) is 1. The highest BCUT2D eigenvalue weighted by Gasteiger charge is 2.05. The number of allylic oxidation sites excluding steroid dienone is 1. The van der Waals surface area contributed by atoms with Crippen LogP contribution in [0.3, 0.4) is 0 Å². The van der Waals surface area contributed by atoms with Gasteiger partial charge in [0, 0.05) is 5.56 Å². The molecule has 0 atom stereocenters. The normalized spacial score (nSPS) is 11.7. The topological polar surface area (TPSA) is 20.2 Å². The summed E-state index contributed by atoms with van der Waals surface area (Å²) in [5.41, 5.74) is 1.17. The van der Waals surface area contributed by atoms with Gasteiger partial charge in [-0.25, -0.2) is 4.39 Å². The van der Waals surface area contributed by atoms with Gasteiger partial charge in [0.2, 0.25) is 0 Å². The van der Waals surface area contributed by atoms with Crippen LogP contribution in [-0.2, 0) is 0 Å². The summed E-state index contributed by atoms with van der Waals surface area (Å²) in [6, 6.07) is 6.83. The molecule has 2 heteroatoms. The molecule has 0 spiro atoms. The number of aromatic hydroxyl groups is 1. The third kappa shape index (κ3) is 2.59. The molecular formula is C12H15FO. The summed E-state index contributed by atoms with van der Waals surface area (Å²) in [4.78, 5) is 0. The molecule has 1 aromatic rings. The van der Waals surface area contributed by atoms with Crippen LogP contribution in [0.25, 0.3) is 5.57 Å². The Hall–Kier alpha value is -1.31. The average Bonchev–Trinajstić information content (AvgIpc) is 2.21. The zero-order chi connectivity index (χ0) is 10.4. The van der Waals surface area contributed by atoms with Crippen LogP contribution in [0.15, 0.2) is 30.6 Å². The van der Waals surface area contributed by atoms with Gasteiger partial charge in [-0.2, -0.15) is 0 Å². The van der Waals surface area contributed by atoms with Crippen molar-refractivity contribution in [2.24, 2.45) is 0 Å². The molecule has 0 unspecified atom stereocenters. The van der Waals surface area contributed by atoms with Crippen LogP contribution in [0.1, 0.15) is 31.7 Å². The Bertz CT molecular complexity index is 318. The lowest BCUT2D eigenvalue weighted by Gasteiger charge is -2.06. The smallest absolute Gasteiger partial charge is 0.123 e. The molecule has 1 N–H and O–H groups in total. The SMILES string of the molecule is CCCC/C(=C\F)c1ccccc1O. The lowest BCUT2D eigenvalue weighted by atomic mass is 10.0. The minimum absolute atomic E-state index is 0.146. The molecule has 0 radical (unpaired) electrons. The maximum Gasteiger partial charge on any atom is 0.123 e. The highest BCUT2D eigenvalue weighted by Crippen LogP contribution is 2.28. The van der Waals surface area contributed by atoms with Gasteiger partial charge in [-0.05, 0) is 24.5 Å². The zero-order valence-electron chi connectivity index (χ0n) is 8.33. The van der Waals surface area contributed by atoms with E-state index in [1.165, 1.54) is 0 Å². The van der Waals surface area contributed by atoms with E-state index in [0.29, 0.717) is 23.9 Å². The summed E-state index contributed by atoms with van der Waals surface area (Å²) in [5, 5.41) is 9.50. The molecule has 1 rings (SSSR count). The quantitative estimate of drug-likeness (QED) is 0.770. The second kappa shape index (κ2) is 5.43. The molecule has 0 bridgehead atoms. The molecule has 0 saturated heterocycles. The van der Waals surface area contributed by atoms with Gasteiger partial charge in [0.15, 0.2) is 0 Å². The van der Waals surface area contributed by atoms with E-state index < -0.39 is 0 Å². The molecule has 0 aliphatic heterocycles. The highest BCUT2D eigenvalue weighted by atomic mass is 19.1. The summed E-state index contributed by atoms with van der Waals surface area (Å²) in [6.07, 6.45) is 3.21. The molecule has 0 fully saturated rings. The van der Waals surface area contributed by atoms with Crippen molar-refractivity contribution in [2.45, 2.75) is 26.2 Å². The van der Waals surface area contributed by atoms with E-state index in [4.69, 9.17) is 0 Å². The fourth-order valence-electron chi connectivity index (χ4n) is 1.36. The van der Waals surface area contributed by atoms with Crippen LogP contribution < -0.4 is 0 Å². The Kier molecular flexibility index (Phi) is 4.17. The first-order chi connectivity index (χ1) is 6.79. The van der Waals surface area contributed by atoms with Gasteiger partial charge >= 0.3 is 0 Å². The van der Waals surface area contributed by atoms with Gasteiger partial charge in [0.25, 0.3) is 0 Å². The van der Waals surface area contributed by atoms with Crippen LogP contribution in [0.5, 0.6) is 5.75 Å². The third-order valence-electron chi connectivity index (χ3n) is 2.18.